The first-order valence-corrected chi connectivity index (χ1v) is 33.3. The number of ether oxygens (including phenoxy) is 3. The van der Waals surface area contributed by atoms with Crippen molar-refractivity contribution in [3.05, 3.63) is 60.8 Å². The largest absolute Gasteiger partial charge is 0.462 e. The van der Waals surface area contributed by atoms with Gasteiger partial charge in [-0.05, 0) is 70.6 Å². The standard InChI is InChI=1S/C70H126O6/c1-4-7-10-13-16-19-22-25-27-28-29-30-31-32-33-34-35-36-37-38-39-40-41-42-43-46-48-51-54-57-60-63-69(72)75-66-67(65-74-68(71)62-59-56-53-50-47-44-24-21-18-15-12-9-6-3)76-70(73)64-61-58-55-52-49-45-26-23-20-17-14-11-8-5-2/h9,12,18,21,28-29,44,47,53,56,67H,4-8,10-11,13-17,19-20,22-27,30-43,45-46,48-52,54-55,57-66H2,1-3H3/b12-9-,21-18-,29-28-,47-44-,56-53-. The molecule has 6 nitrogen and oxygen atoms in total. The molecule has 0 fully saturated rings. The van der Waals surface area contributed by atoms with Gasteiger partial charge in [0.2, 0.25) is 0 Å². The van der Waals surface area contributed by atoms with Crippen LogP contribution in [0.15, 0.2) is 60.8 Å². The van der Waals surface area contributed by atoms with Crippen molar-refractivity contribution in [2.24, 2.45) is 0 Å². The van der Waals surface area contributed by atoms with Gasteiger partial charge < -0.3 is 14.2 Å². The van der Waals surface area contributed by atoms with Crippen molar-refractivity contribution in [1.29, 1.82) is 0 Å². The van der Waals surface area contributed by atoms with Crippen LogP contribution in [0, 0.1) is 0 Å². The summed E-state index contributed by atoms with van der Waals surface area (Å²) in [5.41, 5.74) is 0. The Hall–Kier alpha value is -2.89. The summed E-state index contributed by atoms with van der Waals surface area (Å²) < 4.78 is 16.8. The number of rotatable bonds is 61. The number of hydrogen-bond donors (Lipinski definition) is 0. The van der Waals surface area contributed by atoms with Gasteiger partial charge in [0.05, 0.1) is 0 Å². The van der Waals surface area contributed by atoms with E-state index in [4.69, 9.17) is 14.2 Å². The van der Waals surface area contributed by atoms with E-state index < -0.39 is 6.10 Å². The molecule has 0 rings (SSSR count). The minimum atomic E-state index is -0.800. The average molecular weight is 1060 g/mol. The molecule has 6 heteroatoms. The second-order valence-electron chi connectivity index (χ2n) is 22.4. The molecule has 0 radical (unpaired) electrons. The molecule has 0 N–H and O–H groups in total. The SMILES string of the molecule is CC/C=C\C/C=C\C/C=C\C/C=C\CCC(=O)OCC(COC(=O)CCCCCCCCCCCCCCCCCCCCC/C=C\CCCCCCCCCC)OC(=O)CCCCCCCCCCCCCCCC. The van der Waals surface area contributed by atoms with E-state index in [1.807, 2.05) is 6.08 Å². The molecular formula is C70H126O6. The van der Waals surface area contributed by atoms with E-state index in [1.165, 1.54) is 238 Å². The van der Waals surface area contributed by atoms with Crippen LogP contribution in [0.25, 0.3) is 0 Å². The van der Waals surface area contributed by atoms with Crippen molar-refractivity contribution < 1.29 is 28.6 Å². The zero-order valence-corrected chi connectivity index (χ0v) is 50.8. The Kier molecular flexibility index (Phi) is 62.2. The molecule has 0 saturated carbocycles. The molecule has 0 aliphatic heterocycles. The fraction of sp³-hybridized carbons (Fsp3) is 0.814. The summed E-state index contributed by atoms with van der Waals surface area (Å²) in [6.45, 7) is 6.51. The quantitative estimate of drug-likeness (QED) is 0.0261. The Bertz CT molecular complexity index is 1360. The number of hydrogen-bond acceptors (Lipinski definition) is 6. The first-order valence-electron chi connectivity index (χ1n) is 33.3. The van der Waals surface area contributed by atoms with Gasteiger partial charge in [0.15, 0.2) is 6.10 Å². The number of esters is 3. The zero-order valence-electron chi connectivity index (χ0n) is 50.8. The maximum absolute atomic E-state index is 12.9. The maximum atomic E-state index is 12.9. The molecule has 0 aliphatic carbocycles. The Morgan fingerprint density at radius 1 is 0.276 bits per heavy atom. The van der Waals surface area contributed by atoms with Crippen molar-refractivity contribution in [2.45, 2.75) is 354 Å². The number of allylic oxidation sites excluding steroid dienone is 10. The van der Waals surface area contributed by atoms with Crippen LogP contribution in [0.4, 0.5) is 0 Å². The third-order valence-electron chi connectivity index (χ3n) is 14.8. The lowest BCUT2D eigenvalue weighted by Crippen LogP contribution is -2.30. The number of carbonyl (C=O) groups excluding carboxylic acids is 3. The van der Waals surface area contributed by atoms with Gasteiger partial charge in [-0.1, -0.05) is 319 Å². The second-order valence-corrected chi connectivity index (χ2v) is 22.4. The van der Waals surface area contributed by atoms with E-state index in [9.17, 15) is 14.4 Å². The lowest BCUT2D eigenvalue weighted by Gasteiger charge is -2.18. The first kappa shape index (κ1) is 73.1. The Balaban J connectivity index is 4.14. The predicted molar refractivity (Wildman–Crippen MR) is 330 cm³/mol. The van der Waals surface area contributed by atoms with Crippen LogP contribution in [0.1, 0.15) is 348 Å². The summed E-state index contributed by atoms with van der Waals surface area (Å²) in [6.07, 6.45) is 82.8. The predicted octanol–water partition coefficient (Wildman–Crippen LogP) is 22.7. The van der Waals surface area contributed by atoms with Crippen LogP contribution in [-0.2, 0) is 28.6 Å². The third kappa shape index (κ3) is 62.0. The normalized spacial score (nSPS) is 12.4. The van der Waals surface area contributed by atoms with E-state index in [0.717, 1.165) is 64.2 Å². The molecule has 0 spiro atoms. The Morgan fingerprint density at radius 3 is 0.882 bits per heavy atom. The molecule has 0 aromatic rings. The minimum Gasteiger partial charge on any atom is -0.462 e. The van der Waals surface area contributed by atoms with E-state index >= 15 is 0 Å². The topological polar surface area (TPSA) is 78.9 Å². The van der Waals surface area contributed by atoms with Gasteiger partial charge in [-0.3, -0.25) is 14.4 Å². The summed E-state index contributed by atoms with van der Waals surface area (Å²) in [5.74, 6) is -0.959. The number of unbranched alkanes of at least 4 members (excludes halogenated alkanes) is 40. The highest BCUT2D eigenvalue weighted by molar-refractivity contribution is 5.71. The fourth-order valence-electron chi connectivity index (χ4n) is 9.81. The van der Waals surface area contributed by atoms with Gasteiger partial charge in [0.25, 0.3) is 0 Å². The molecule has 0 bridgehead atoms. The van der Waals surface area contributed by atoms with E-state index in [1.54, 1.807) is 0 Å². The molecule has 0 aromatic heterocycles. The van der Waals surface area contributed by atoms with Gasteiger partial charge in [-0.15, -0.1) is 0 Å². The fourth-order valence-corrected chi connectivity index (χ4v) is 9.81. The van der Waals surface area contributed by atoms with Gasteiger partial charge in [-0.2, -0.15) is 0 Å². The molecule has 0 aliphatic rings. The zero-order chi connectivity index (χ0) is 55.0. The lowest BCUT2D eigenvalue weighted by molar-refractivity contribution is -0.166. The molecule has 1 unspecified atom stereocenters. The molecule has 442 valence electrons. The van der Waals surface area contributed by atoms with Crippen molar-refractivity contribution in [1.82, 2.24) is 0 Å². The summed E-state index contributed by atoms with van der Waals surface area (Å²) >= 11 is 0. The van der Waals surface area contributed by atoms with Crippen molar-refractivity contribution in [3.8, 4) is 0 Å². The van der Waals surface area contributed by atoms with Crippen LogP contribution in [-0.4, -0.2) is 37.2 Å². The maximum Gasteiger partial charge on any atom is 0.306 e. The summed E-state index contributed by atoms with van der Waals surface area (Å²) in [7, 11) is 0. The highest BCUT2D eigenvalue weighted by Gasteiger charge is 2.19. The molecule has 0 aromatic carbocycles. The third-order valence-corrected chi connectivity index (χ3v) is 14.8. The highest BCUT2D eigenvalue weighted by atomic mass is 16.6. The summed E-state index contributed by atoms with van der Waals surface area (Å²) in [5, 5.41) is 0. The Labute approximate surface area is 472 Å². The number of carbonyl (C=O) groups is 3. The Morgan fingerprint density at radius 2 is 0.539 bits per heavy atom. The molecule has 1 atom stereocenters. The van der Waals surface area contributed by atoms with Gasteiger partial charge in [-0.25, -0.2) is 0 Å². The van der Waals surface area contributed by atoms with Crippen molar-refractivity contribution in [3.63, 3.8) is 0 Å². The van der Waals surface area contributed by atoms with Crippen LogP contribution < -0.4 is 0 Å². The minimum absolute atomic E-state index is 0.0917. The summed E-state index contributed by atoms with van der Waals surface area (Å²) in [6, 6.07) is 0. The monoisotopic (exact) mass is 1060 g/mol. The van der Waals surface area contributed by atoms with Gasteiger partial charge in [0, 0.05) is 19.3 Å². The van der Waals surface area contributed by atoms with Gasteiger partial charge >= 0.3 is 17.9 Å². The second kappa shape index (κ2) is 64.6. The first-order chi connectivity index (χ1) is 37.5. The van der Waals surface area contributed by atoms with Crippen LogP contribution in [0.2, 0.25) is 0 Å². The molecule has 0 saturated heterocycles. The molecule has 76 heavy (non-hydrogen) atoms. The van der Waals surface area contributed by atoms with E-state index in [2.05, 4.69) is 75.5 Å². The summed E-state index contributed by atoms with van der Waals surface area (Å²) in [4.78, 5) is 38.2. The lowest BCUT2D eigenvalue weighted by atomic mass is 10.0. The molecule has 0 amide bonds. The van der Waals surface area contributed by atoms with Crippen LogP contribution in [0.3, 0.4) is 0 Å². The van der Waals surface area contributed by atoms with Crippen LogP contribution in [0.5, 0.6) is 0 Å². The molecule has 0 heterocycles. The van der Waals surface area contributed by atoms with Crippen LogP contribution >= 0.6 is 0 Å². The molecular weight excluding hydrogens is 937 g/mol. The van der Waals surface area contributed by atoms with E-state index in [0.29, 0.717) is 19.3 Å². The highest BCUT2D eigenvalue weighted by Crippen LogP contribution is 2.18. The van der Waals surface area contributed by atoms with E-state index in [-0.39, 0.29) is 37.5 Å². The smallest absolute Gasteiger partial charge is 0.306 e. The van der Waals surface area contributed by atoms with Gasteiger partial charge in [0.1, 0.15) is 13.2 Å². The average Bonchev–Trinajstić information content (AvgIpc) is 3.42. The van der Waals surface area contributed by atoms with Crippen molar-refractivity contribution >= 4 is 17.9 Å². The van der Waals surface area contributed by atoms with Crippen molar-refractivity contribution in [2.75, 3.05) is 13.2 Å².